The minimum absolute atomic E-state index is 0.151. The Hall–Kier alpha value is -1.00. The van der Waals surface area contributed by atoms with E-state index in [1.165, 1.54) is 12.3 Å². The molecule has 0 saturated carbocycles. The molecule has 1 rings (SSSR count). The molecule has 0 bridgehead atoms. The van der Waals surface area contributed by atoms with E-state index in [4.69, 9.17) is 0 Å². The molecule has 0 saturated heterocycles. The van der Waals surface area contributed by atoms with E-state index in [1.807, 2.05) is 0 Å². The van der Waals surface area contributed by atoms with Gasteiger partial charge in [-0.1, -0.05) is 34.6 Å². The summed E-state index contributed by atoms with van der Waals surface area (Å²) in [4.78, 5) is 6.60. The van der Waals surface area contributed by atoms with Crippen molar-refractivity contribution in [2.75, 3.05) is 26.7 Å². The van der Waals surface area contributed by atoms with Crippen LogP contribution >= 0.6 is 0 Å². The normalized spacial score (nSPS) is 15.2. The van der Waals surface area contributed by atoms with Gasteiger partial charge in [0.2, 0.25) is 0 Å². The van der Waals surface area contributed by atoms with E-state index in [9.17, 15) is 4.39 Å². The summed E-state index contributed by atoms with van der Waals surface area (Å²) in [5.41, 5.74) is 1.20. The lowest BCUT2D eigenvalue weighted by Crippen LogP contribution is -2.37. The van der Waals surface area contributed by atoms with E-state index in [0.29, 0.717) is 5.92 Å². The summed E-state index contributed by atoms with van der Waals surface area (Å²) in [5, 5.41) is 3.47. The maximum absolute atomic E-state index is 13.0. The van der Waals surface area contributed by atoms with Gasteiger partial charge >= 0.3 is 0 Å². The number of rotatable bonds is 7. The fraction of sp³-hybridized carbons (Fsp3) is 0.706. The second kappa shape index (κ2) is 7.85. The fourth-order valence-electron chi connectivity index (χ4n) is 2.86. The van der Waals surface area contributed by atoms with Crippen molar-refractivity contribution in [3.63, 3.8) is 0 Å². The van der Waals surface area contributed by atoms with E-state index < -0.39 is 0 Å². The van der Waals surface area contributed by atoms with E-state index >= 15 is 0 Å². The molecule has 1 aromatic rings. The van der Waals surface area contributed by atoms with Gasteiger partial charge in [-0.15, -0.1) is 0 Å². The average Bonchev–Trinajstić information content (AvgIpc) is 2.34. The summed E-state index contributed by atoms with van der Waals surface area (Å²) in [6.45, 7) is 13.9. The quantitative estimate of drug-likeness (QED) is 0.834. The first-order valence-corrected chi connectivity index (χ1v) is 7.76. The number of hydrogen-bond donors (Lipinski definition) is 1. The predicted octanol–water partition coefficient (Wildman–Crippen LogP) is 3.49. The number of hydrogen-bond acceptors (Lipinski definition) is 3. The highest BCUT2D eigenvalue weighted by Gasteiger charge is 2.22. The highest BCUT2D eigenvalue weighted by atomic mass is 19.1. The number of pyridine rings is 1. The monoisotopic (exact) mass is 295 g/mol. The van der Waals surface area contributed by atoms with Crippen molar-refractivity contribution in [2.24, 2.45) is 11.3 Å². The molecule has 120 valence electrons. The number of nitrogens with one attached hydrogen (secondary N) is 1. The van der Waals surface area contributed by atoms with Crippen LogP contribution < -0.4 is 5.32 Å². The van der Waals surface area contributed by atoms with Crippen LogP contribution in [0.4, 0.5) is 4.39 Å². The topological polar surface area (TPSA) is 28.2 Å². The number of halogens is 1. The van der Waals surface area contributed by atoms with Gasteiger partial charge in [-0.05, 0) is 37.1 Å². The first-order chi connectivity index (χ1) is 9.73. The van der Waals surface area contributed by atoms with Gasteiger partial charge in [-0.3, -0.25) is 4.98 Å². The molecule has 2 atom stereocenters. The molecule has 0 radical (unpaired) electrons. The predicted molar refractivity (Wildman–Crippen MR) is 86.7 cm³/mol. The molecule has 4 heteroatoms. The molecule has 0 amide bonds. The van der Waals surface area contributed by atoms with Crippen molar-refractivity contribution >= 4 is 0 Å². The van der Waals surface area contributed by atoms with Crippen LogP contribution in [0.3, 0.4) is 0 Å². The molecule has 2 unspecified atom stereocenters. The third kappa shape index (κ3) is 6.53. The van der Waals surface area contributed by atoms with Crippen molar-refractivity contribution in [1.82, 2.24) is 15.2 Å². The van der Waals surface area contributed by atoms with Gasteiger partial charge in [0.25, 0.3) is 0 Å². The third-order valence-electron chi connectivity index (χ3n) is 3.41. The van der Waals surface area contributed by atoms with Crippen LogP contribution in [0.25, 0.3) is 0 Å². The molecule has 3 nitrogen and oxygen atoms in total. The summed E-state index contributed by atoms with van der Waals surface area (Å²) >= 11 is 0. The van der Waals surface area contributed by atoms with E-state index in [2.05, 4.69) is 56.9 Å². The molecule has 1 heterocycles. The molecular weight excluding hydrogens is 265 g/mol. The smallest absolute Gasteiger partial charge is 0.141 e. The Morgan fingerprint density at radius 2 is 2.00 bits per heavy atom. The Morgan fingerprint density at radius 3 is 2.48 bits per heavy atom. The second-order valence-corrected chi connectivity index (χ2v) is 7.17. The third-order valence-corrected chi connectivity index (χ3v) is 3.41. The minimum atomic E-state index is -0.286. The second-order valence-electron chi connectivity index (χ2n) is 7.17. The molecule has 0 aromatic carbocycles. The van der Waals surface area contributed by atoms with Crippen LogP contribution in [0.1, 0.15) is 46.4 Å². The van der Waals surface area contributed by atoms with Crippen molar-refractivity contribution in [3.8, 4) is 0 Å². The van der Waals surface area contributed by atoms with E-state index in [-0.39, 0.29) is 17.3 Å². The van der Waals surface area contributed by atoms with Gasteiger partial charge in [0, 0.05) is 13.1 Å². The van der Waals surface area contributed by atoms with Crippen LogP contribution in [0.15, 0.2) is 18.3 Å². The Kier molecular flexibility index (Phi) is 6.75. The Bertz CT molecular complexity index is 411. The minimum Gasteiger partial charge on any atom is -0.309 e. The van der Waals surface area contributed by atoms with E-state index in [0.717, 1.165) is 25.3 Å². The maximum atomic E-state index is 13.0. The van der Waals surface area contributed by atoms with Gasteiger partial charge < -0.3 is 10.2 Å². The molecular formula is C17H30FN3. The molecule has 1 aromatic heterocycles. The van der Waals surface area contributed by atoms with Crippen molar-refractivity contribution in [1.29, 1.82) is 0 Å². The zero-order valence-electron chi connectivity index (χ0n) is 14.3. The highest BCUT2D eigenvalue weighted by molar-refractivity contribution is 5.11. The van der Waals surface area contributed by atoms with Crippen molar-refractivity contribution in [3.05, 3.63) is 29.8 Å². The highest BCUT2D eigenvalue weighted by Crippen LogP contribution is 2.22. The van der Waals surface area contributed by atoms with Gasteiger partial charge in [-0.2, -0.15) is 0 Å². The number of aromatic nitrogens is 1. The molecule has 0 aliphatic heterocycles. The molecule has 21 heavy (non-hydrogen) atoms. The van der Waals surface area contributed by atoms with Gasteiger partial charge in [0.15, 0.2) is 0 Å². The lowest BCUT2D eigenvalue weighted by Gasteiger charge is -2.32. The molecule has 0 aliphatic rings. The summed E-state index contributed by atoms with van der Waals surface area (Å²) < 4.78 is 13.0. The fourth-order valence-corrected chi connectivity index (χ4v) is 2.86. The average molecular weight is 295 g/mol. The first kappa shape index (κ1) is 18.1. The SMILES string of the molecule is CCNC(c1ccc(F)cn1)C(C)CN(C)CC(C)(C)C. The van der Waals surface area contributed by atoms with Crippen LogP contribution in [0.5, 0.6) is 0 Å². The Balaban J connectivity index is 2.73. The van der Waals surface area contributed by atoms with Crippen molar-refractivity contribution < 1.29 is 4.39 Å². The lowest BCUT2D eigenvalue weighted by atomic mass is 9.94. The van der Waals surface area contributed by atoms with Gasteiger partial charge in [0.1, 0.15) is 5.82 Å². The van der Waals surface area contributed by atoms with Crippen LogP contribution in [0.2, 0.25) is 0 Å². The standard InChI is InChI=1S/C17H30FN3/c1-7-19-16(15-9-8-14(18)10-20-15)13(2)11-21(6)12-17(3,4)5/h8-10,13,16,19H,7,11-12H2,1-6H3. The number of nitrogens with zero attached hydrogens (tertiary/aromatic N) is 2. The first-order valence-electron chi connectivity index (χ1n) is 7.76. The van der Waals surface area contributed by atoms with Crippen LogP contribution in [0, 0.1) is 17.2 Å². The zero-order valence-corrected chi connectivity index (χ0v) is 14.3. The molecule has 0 fully saturated rings. The lowest BCUT2D eigenvalue weighted by molar-refractivity contribution is 0.186. The van der Waals surface area contributed by atoms with Crippen LogP contribution in [-0.4, -0.2) is 36.6 Å². The Labute approximate surface area is 129 Å². The van der Waals surface area contributed by atoms with Gasteiger partial charge in [0.05, 0.1) is 17.9 Å². The van der Waals surface area contributed by atoms with Crippen molar-refractivity contribution in [2.45, 2.75) is 40.7 Å². The molecule has 0 aliphatic carbocycles. The molecule has 0 spiro atoms. The molecule has 1 N–H and O–H groups in total. The summed E-state index contributed by atoms with van der Waals surface area (Å²) in [5.74, 6) is 0.113. The summed E-state index contributed by atoms with van der Waals surface area (Å²) in [6.07, 6.45) is 1.30. The van der Waals surface area contributed by atoms with Crippen LogP contribution in [-0.2, 0) is 0 Å². The summed E-state index contributed by atoms with van der Waals surface area (Å²) in [6, 6.07) is 3.42. The van der Waals surface area contributed by atoms with Gasteiger partial charge in [-0.25, -0.2) is 4.39 Å². The largest absolute Gasteiger partial charge is 0.309 e. The zero-order chi connectivity index (χ0) is 16.0. The maximum Gasteiger partial charge on any atom is 0.141 e. The Morgan fingerprint density at radius 1 is 1.33 bits per heavy atom. The summed E-state index contributed by atoms with van der Waals surface area (Å²) in [7, 11) is 2.16. The van der Waals surface area contributed by atoms with E-state index in [1.54, 1.807) is 6.07 Å².